The molecule has 0 aliphatic heterocycles. The first-order valence-electron chi connectivity index (χ1n) is 4.81. The van der Waals surface area contributed by atoms with E-state index in [0.717, 1.165) is 5.56 Å². The Bertz CT molecular complexity index is 309. The molecule has 0 aliphatic rings. The third-order valence-electron chi connectivity index (χ3n) is 2.27. The van der Waals surface area contributed by atoms with Crippen molar-refractivity contribution in [3.8, 4) is 5.75 Å². The summed E-state index contributed by atoms with van der Waals surface area (Å²) in [5, 5.41) is 12.9. The van der Waals surface area contributed by atoms with E-state index in [1.54, 1.807) is 6.07 Å². The van der Waals surface area contributed by atoms with Crippen LogP contribution in [0.3, 0.4) is 0 Å². The Labute approximate surface area is 85.3 Å². The predicted octanol–water partition coefficient (Wildman–Crippen LogP) is 2.62. The molecule has 2 atom stereocenters. The predicted molar refractivity (Wildman–Crippen MR) is 59.3 cm³/mol. The summed E-state index contributed by atoms with van der Waals surface area (Å²) >= 11 is 0. The summed E-state index contributed by atoms with van der Waals surface area (Å²) in [6.07, 6.45) is 1.84. The maximum absolute atomic E-state index is 9.60. The molecule has 1 aromatic carbocycles. The molecular weight excluding hydrogens is 174 g/mol. The average Bonchev–Trinajstić information content (AvgIpc) is 2.18. The summed E-state index contributed by atoms with van der Waals surface area (Å²) in [7, 11) is 0. The van der Waals surface area contributed by atoms with Gasteiger partial charge in [-0.25, -0.2) is 0 Å². The Morgan fingerprint density at radius 3 is 2.57 bits per heavy atom. The number of hydrogen-bond donors (Lipinski definition) is 2. The zero-order chi connectivity index (χ0) is 10.6. The summed E-state index contributed by atoms with van der Waals surface area (Å²) < 4.78 is 0. The molecule has 0 fully saturated rings. The van der Waals surface area contributed by atoms with Crippen molar-refractivity contribution in [3.63, 3.8) is 0 Å². The highest BCUT2D eigenvalue weighted by molar-refractivity contribution is 5.34. The van der Waals surface area contributed by atoms with Gasteiger partial charge in [0.2, 0.25) is 0 Å². The van der Waals surface area contributed by atoms with Crippen LogP contribution < -0.4 is 5.32 Å². The van der Waals surface area contributed by atoms with Crippen molar-refractivity contribution in [3.05, 3.63) is 42.5 Å². The van der Waals surface area contributed by atoms with Crippen molar-refractivity contribution in [2.24, 2.45) is 0 Å². The SMILES string of the molecule is C=CC(C)NC(C)c1ccccc1O. The van der Waals surface area contributed by atoms with Crippen molar-refractivity contribution in [1.82, 2.24) is 5.32 Å². The van der Waals surface area contributed by atoms with E-state index in [4.69, 9.17) is 0 Å². The molecule has 1 aromatic rings. The molecule has 14 heavy (non-hydrogen) atoms. The van der Waals surface area contributed by atoms with E-state index in [0.29, 0.717) is 5.75 Å². The molecule has 0 aromatic heterocycles. The van der Waals surface area contributed by atoms with Crippen LogP contribution in [0.1, 0.15) is 25.5 Å². The number of phenolic OH excluding ortho intramolecular Hbond substituents is 1. The maximum atomic E-state index is 9.60. The molecular formula is C12H17NO. The van der Waals surface area contributed by atoms with E-state index in [2.05, 4.69) is 11.9 Å². The minimum Gasteiger partial charge on any atom is -0.508 e. The van der Waals surface area contributed by atoms with E-state index in [-0.39, 0.29) is 12.1 Å². The number of aromatic hydroxyl groups is 1. The van der Waals surface area contributed by atoms with Gasteiger partial charge in [-0.1, -0.05) is 24.3 Å². The van der Waals surface area contributed by atoms with E-state index in [1.807, 2.05) is 38.1 Å². The molecule has 0 amide bonds. The lowest BCUT2D eigenvalue weighted by Gasteiger charge is -2.18. The van der Waals surface area contributed by atoms with Crippen LogP contribution in [-0.4, -0.2) is 11.1 Å². The van der Waals surface area contributed by atoms with E-state index in [9.17, 15) is 5.11 Å². The Morgan fingerprint density at radius 1 is 1.36 bits per heavy atom. The molecule has 2 unspecified atom stereocenters. The van der Waals surface area contributed by atoms with Gasteiger partial charge in [-0.15, -0.1) is 6.58 Å². The highest BCUT2D eigenvalue weighted by Crippen LogP contribution is 2.23. The van der Waals surface area contributed by atoms with Crippen LogP contribution in [0.4, 0.5) is 0 Å². The lowest BCUT2D eigenvalue weighted by molar-refractivity contribution is 0.448. The molecule has 0 heterocycles. The summed E-state index contributed by atoms with van der Waals surface area (Å²) in [6.45, 7) is 7.76. The molecule has 2 heteroatoms. The zero-order valence-corrected chi connectivity index (χ0v) is 8.70. The van der Waals surface area contributed by atoms with Gasteiger partial charge in [0.25, 0.3) is 0 Å². The van der Waals surface area contributed by atoms with Crippen LogP contribution in [0.25, 0.3) is 0 Å². The Hall–Kier alpha value is -1.28. The van der Waals surface area contributed by atoms with Crippen molar-refractivity contribution < 1.29 is 5.11 Å². The number of para-hydroxylation sites is 1. The van der Waals surface area contributed by atoms with Crippen molar-refractivity contribution in [2.45, 2.75) is 25.9 Å². The van der Waals surface area contributed by atoms with E-state index in [1.165, 1.54) is 0 Å². The van der Waals surface area contributed by atoms with Gasteiger partial charge in [0.15, 0.2) is 0 Å². The molecule has 0 aliphatic carbocycles. The molecule has 2 nitrogen and oxygen atoms in total. The van der Waals surface area contributed by atoms with Crippen LogP contribution in [0.2, 0.25) is 0 Å². The highest BCUT2D eigenvalue weighted by atomic mass is 16.3. The van der Waals surface area contributed by atoms with Gasteiger partial charge in [-0.05, 0) is 19.9 Å². The van der Waals surface area contributed by atoms with Gasteiger partial charge < -0.3 is 10.4 Å². The van der Waals surface area contributed by atoms with Gasteiger partial charge in [0, 0.05) is 17.6 Å². The Kier molecular flexibility index (Phi) is 3.72. The van der Waals surface area contributed by atoms with Crippen LogP contribution >= 0.6 is 0 Å². The van der Waals surface area contributed by atoms with Crippen molar-refractivity contribution >= 4 is 0 Å². The van der Waals surface area contributed by atoms with E-state index < -0.39 is 0 Å². The summed E-state index contributed by atoms with van der Waals surface area (Å²) in [4.78, 5) is 0. The molecule has 1 rings (SSSR count). The van der Waals surface area contributed by atoms with Crippen molar-refractivity contribution in [2.75, 3.05) is 0 Å². The molecule has 2 N–H and O–H groups in total. The molecule has 0 saturated carbocycles. The van der Waals surface area contributed by atoms with Gasteiger partial charge in [0.05, 0.1) is 0 Å². The second-order valence-corrected chi connectivity index (χ2v) is 3.47. The van der Waals surface area contributed by atoms with Crippen LogP contribution in [0.15, 0.2) is 36.9 Å². The molecule has 0 saturated heterocycles. The average molecular weight is 191 g/mol. The smallest absolute Gasteiger partial charge is 0.120 e. The van der Waals surface area contributed by atoms with Crippen LogP contribution in [0.5, 0.6) is 5.75 Å². The van der Waals surface area contributed by atoms with Crippen molar-refractivity contribution in [1.29, 1.82) is 0 Å². The monoisotopic (exact) mass is 191 g/mol. The zero-order valence-electron chi connectivity index (χ0n) is 8.70. The number of rotatable bonds is 4. The van der Waals surface area contributed by atoms with Crippen LogP contribution in [-0.2, 0) is 0 Å². The normalized spacial score (nSPS) is 14.7. The Morgan fingerprint density at radius 2 is 2.00 bits per heavy atom. The second-order valence-electron chi connectivity index (χ2n) is 3.47. The first-order valence-corrected chi connectivity index (χ1v) is 4.81. The summed E-state index contributed by atoms with van der Waals surface area (Å²) in [5.74, 6) is 0.337. The lowest BCUT2D eigenvalue weighted by Crippen LogP contribution is -2.26. The summed E-state index contributed by atoms with van der Waals surface area (Å²) in [6, 6.07) is 7.73. The minimum absolute atomic E-state index is 0.129. The number of benzene rings is 1. The topological polar surface area (TPSA) is 32.3 Å². The minimum atomic E-state index is 0.129. The van der Waals surface area contributed by atoms with Crippen LogP contribution in [0, 0.1) is 0 Å². The highest BCUT2D eigenvalue weighted by Gasteiger charge is 2.10. The fourth-order valence-corrected chi connectivity index (χ4v) is 1.41. The third-order valence-corrected chi connectivity index (χ3v) is 2.27. The first-order chi connectivity index (χ1) is 6.65. The quantitative estimate of drug-likeness (QED) is 0.717. The molecule has 0 spiro atoms. The lowest BCUT2D eigenvalue weighted by atomic mass is 10.1. The van der Waals surface area contributed by atoms with Gasteiger partial charge in [-0.2, -0.15) is 0 Å². The second kappa shape index (κ2) is 4.82. The molecule has 0 radical (unpaired) electrons. The molecule has 76 valence electrons. The van der Waals surface area contributed by atoms with E-state index >= 15 is 0 Å². The number of hydrogen-bond acceptors (Lipinski definition) is 2. The Balaban J connectivity index is 2.74. The molecule has 0 bridgehead atoms. The number of nitrogens with one attached hydrogen (secondary N) is 1. The standard InChI is InChI=1S/C12H17NO/c1-4-9(2)13-10(3)11-7-5-6-8-12(11)14/h4-10,13-14H,1H2,2-3H3. The summed E-state index contributed by atoms with van der Waals surface area (Å²) in [5.41, 5.74) is 0.918. The maximum Gasteiger partial charge on any atom is 0.120 e. The third kappa shape index (κ3) is 2.60. The fraction of sp³-hybridized carbons (Fsp3) is 0.333. The fourth-order valence-electron chi connectivity index (χ4n) is 1.41. The van der Waals surface area contributed by atoms with Gasteiger partial charge in [0.1, 0.15) is 5.75 Å². The number of phenols is 1. The van der Waals surface area contributed by atoms with Gasteiger partial charge >= 0.3 is 0 Å². The largest absolute Gasteiger partial charge is 0.508 e. The van der Waals surface area contributed by atoms with Gasteiger partial charge in [-0.3, -0.25) is 0 Å². The first kappa shape index (κ1) is 10.8.